The fourth-order valence-electron chi connectivity index (χ4n) is 15.3. The first-order valence-electron chi connectivity index (χ1n) is 26.8. The summed E-state index contributed by atoms with van der Waals surface area (Å²) in [6.45, 7) is 19.2. The molecule has 360 valence electrons. The summed E-state index contributed by atoms with van der Waals surface area (Å²) in [6.07, 6.45) is 19.4. The number of fused-ring (bicyclic) bond motifs is 2. The second kappa shape index (κ2) is 21.7. The van der Waals surface area contributed by atoms with E-state index < -0.39 is 16.1 Å². The number of halogens is 2. The summed E-state index contributed by atoms with van der Waals surface area (Å²) < 4.78 is 0. The summed E-state index contributed by atoms with van der Waals surface area (Å²) in [5.41, 5.74) is 8.94. The van der Waals surface area contributed by atoms with Crippen LogP contribution in [0.1, 0.15) is 88.7 Å². The molecule has 8 saturated carbocycles. The standard InChI is InChI=1S/2C29H35Si.C4H10Si.2ClH.Zr/c2*1-30(2,3)26-9-7-22(8-10-26)27-6-4-5-23-12-21(18-29(23)27)17-28-24-13-19-11-20(15-24)16-25(28)14-19;1-3-4-5-2;;;/h2*4-10,12,18-20,24-25,28H,11,13-17H2,1-3H3;3-4H2,1-2H3;2*1H;/q2*-1;;;;+2/p-2. The van der Waals surface area contributed by atoms with E-state index in [1.165, 1.54) is 120 Å². The number of hydrogen-bond donors (Lipinski definition) is 0. The Morgan fingerprint density at radius 2 is 0.838 bits per heavy atom. The predicted octanol–water partition coefficient (Wildman–Crippen LogP) is 10.3. The zero-order valence-electron chi connectivity index (χ0n) is 42.8. The molecule has 68 heavy (non-hydrogen) atoms. The van der Waals surface area contributed by atoms with Crippen LogP contribution < -0.4 is 35.2 Å². The molecule has 0 radical (unpaired) electrons. The van der Waals surface area contributed by atoms with Crippen molar-refractivity contribution in [1.82, 2.24) is 0 Å². The summed E-state index contributed by atoms with van der Waals surface area (Å²) >= 11 is 1.79. The summed E-state index contributed by atoms with van der Waals surface area (Å²) in [6, 6.07) is 44.2. The number of rotatable bonds is 10. The Balaban J connectivity index is 0.000000160. The maximum Gasteiger partial charge on any atom is 0.0775 e. The van der Waals surface area contributed by atoms with Crippen LogP contribution >= 0.6 is 0 Å². The third-order valence-corrected chi connectivity index (χ3v) is 25.4. The van der Waals surface area contributed by atoms with Gasteiger partial charge in [0, 0.05) is 0 Å². The number of benzene rings is 4. The average molecular weight is 1070 g/mol. The first-order chi connectivity index (χ1) is 31.6. The minimum atomic E-state index is -1.25. The molecule has 6 aromatic carbocycles. The second-order valence-electron chi connectivity index (χ2n) is 25.1. The Kier molecular flexibility index (Phi) is 16.8. The molecular formula is C62H80Cl2Si3Zr-2. The summed E-state index contributed by atoms with van der Waals surface area (Å²) in [7, 11) is -2.49. The van der Waals surface area contributed by atoms with Crippen LogP contribution in [0.5, 0.6) is 0 Å². The van der Waals surface area contributed by atoms with Crippen molar-refractivity contribution < 1.29 is 48.1 Å². The van der Waals surface area contributed by atoms with E-state index in [1.54, 1.807) is 57.7 Å². The molecule has 0 aliphatic heterocycles. The quantitative estimate of drug-likeness (QED) is 0.0948. The molecule has 8 fully saturated rings. The van der Waals surface area contributed by atoms with Crippen LogP contribution in [-0.2, 0) is 36.2 Å². The van der Waals surface area contributed by atoms with Gasteiger partial charge in [-0.3, -0.25) is 0 Å². The molecule has 14 rings (SSSR count). The second-order valence-corrected chi connectivity index (χ2v) is 43.6. The van der Waals surface area contributed by atoms with Crippen LogP contribution in [-0.4, -0.2) is 21.6 Å². The van der Waals surface area contributed by atoms with Gasteiger partial charge < -0.3 is 24.8 Å². The van der Waals surface area contributed by atoms with E-state index in [0.29, 0.717) is 0 Å². The Hall–Kier alpha value is -1.79. The van der Waals surface area contributed by atoms with Crippen LogP contribution in [0, 0.1) is 59.2 Å². The van der Waals surface area contributed by atoms with E-state index in [9.17, 15) is 0 Å². The monoisotopic (exact) mass is 1070 g/mol. The van der Waals surface area contributed by atoms with E-state index >= 15 is 0 Å². The Morgan fingerprint density at radius 1 is 0.500 bits per heavy atom. The molecule has 0 N–H and O–H groups in total. The summed E-state index contributed by atoms with van der Waals surface area (Å²) in [5, 5.41) is 8.86. The zero-order chi connectivity index (χ0) is 45.9. The fourth-order valence-corrected chi connectivity index (χ4v) is 20.2. The Labute approximate surface area is 442 Å². The van der Waals surface area contributed by atoms with E-state index in [4.69, 9.17) is 0 Å². The van der Waals surface area contributed by atoms with E-state index in [1.807, 2.05) is 0 Å². The van der Waals surface area contributed by atoms with Gasteiger partial charge in [0.1, 0.15) is 0 Å². The molecule has 0 atom stereocenters. The molecule has 6 aromatic rings. The van der Waals surface area contributed by atoms with Crippen LogP contribution in [0.15, 0.2) is 109 Å². The number of hydrogen-bond acceptors (Lipinski definition) is 0. The third kappa shape index (κ3) is 11.5. The van der Waals surface area contributed by atoms with Gasteiger partial charge >= 0.3 is 54.7 Å². The molecule has 0 nitrogen and oxygen atoms in total. The molecule has 0 amide bonds. The van der Waals surface area contributed by atoms with E-state index in [2.05, 4.69) is 162 Å². The van der Waals surface area contributed by atoms with Crippen LogP contribution in [0.25, 0.3) is 43.8 Å². The smallest absolute Gasteiger partial charge is 0.0775 e. The van der Waals surface area contributed by atoms with Gasteiger partial charge in [-0.15, -0.1) is 69.1 Å². The van der Waals surface area contributed by atoms with Gasteiger partial charge in [0.05, 0.1) is 16.1 Å². The minimum Gasteiger partial charge on any atom is -1.00 e. The van der Waals surface area contributed by atoms with Crippen LogP contribution in [0.3, 0.4) is 0 Å². The van der Waals surface area contributed by atoms with Crippen molar-refractivity contribution in [3.63, 3.8) is 0 Å². The third-order valence-electron chi connectivity index (χ3n) is 18.2. The largest absolute Gasteiger partial charge is 1.00 e. The maximum atomic E-state index is 2.53. The van der Waals surface area contributed by atoms with Crippen molar-refractivity contribution in [3.8, 4) is 22.3 Å². The normalized spacial score (nSPS) is 27.5. The molecule has 0 heterocycles. The Morgan fingerprint density at radius 3 is 1.12 bits per heavy atom. The fraction of sp³-hybridized carbons (Fsp3) is 0.516. The van der Waals surface area contributed by atoms with Gasteiger partial charge in [0.2, 0.25) is 0 Å². The summed E-state index contributed by atoms with van der Waals surface area (Å²) in [4.78, 5) is 0. The van der Waals surface area contributed by atoms with Gasteiger partial charge in [-0.05, 0) is 147 Å². The minimum absolute atomic E-state index is 0. The van der Waals surface area contributed by atoms with Crippen molar-refractivity contribution in [2.45, 2.75) is 142 Å². The topological polar surface area (TPSA) is 0 Å². The van der Waals surface area contributed by atoms with Crippen molar-refractivity contribution in [3.05, 3.63) is 120 Å². The van der Waals surface area contributed by atoms with Crippen molar-refractivity contribution in [2.24, 2.45) is 59.2 Å². The SMILES string of the molecule is CCC[Si](C)=[Zr+2].C[Si](C)(C)c1ccc(-c2cccc3[cH-]c(CC4C5CC6CC(C5)CC4C6)cc23)cc1.C[Si](C)(C)c1ccc(-c2cccc3[cH-]c(CC4C5CC6CC(C5)CC4C6)cc23)cc1.[Cl-].[Cl-]. The van der Waals surface area contributed by atoms with Gasteiger partial charge in [-0.2, -0.15) is 12.1 Å². The average Bonchev–Trinajstić information content (AvgIpc) is 3.89. The predicted molar refractivity (Wildman–Crippen MR) is 291 cm³/mol. The van der Waals surface area contributed by atoms with Gasteiger partial charge in [0.15, 0.2) is 0 Å². The van der Waals surface area contributed by atoms with Crippen LogP contribution in [0.2, 0.25) is 51.9 Å². The van der Waals surface area contributed by atoms with Crippen molar-refractivity contribution >= 4 is 53.5 Å². The molecule has 0 saturated heterocycles. The molecule has 8 aliphatic carbocycles. The van der Waals surface area contributed by atoms with Gasteiger partial charge in [-0.25, -0.2) is 0 Å². The van der Waals surface area contributed by atoms with Crippen molar-refractivity contribution in [2.75, 3.05) is 0 Å². The molecule has 0 unspecified atom stereocenters. The first kappa shape index (κ1) is 52.5. The Bertz CT molecular complexity index is 2410. The van der Waals surface area contributed by atoms with Crippen molar-refractivity contribution in [1.29, 1.82) is 0 Å². The first-order valence-corrected chi connectivity index (χ1v) is 39.7. The molecule has 0 aromatic heterocycles. The molecule has 0 spiro atoms. The molecular weight excluding hydrogens is 991 g/mol. The molecule has 8 bridgehead atoms. The van der Waals surface area contributed by atoms with Gasteiger partial charge in [-0.1, -0.05) is 121 Å². The van der Waals surface area contributed by atoms with E-state index in [-0.39, 0.29) is 30.2 Å². The van der Waals surface area contributed by atoms with Gasteiger partial charge in [0.25, 0.3) is 0 Å². The van der Waals surface area contributed by atoms with Crippen LogP contribution in [0.4, 0.5) is 0 Å². The summed E-state index contributed by atoms with van der Waals surface area (Å²) in [5.74, 6) is 10.3. The zero-order valence-corrected chi connectivity index (χ0v) is 49.8. The van der Waals surface area contributed by atoms with E-state index in [0.717, 1.165) is 59.2 Å². The maximum absolute atomic E-state index is 2.53. The molecule has 6 heteroatoms. The molecule has 8 aliphatic rings.